The highest BCUT2D eigenvalue weighted by atomic mass is 32.2. The van der Waals surface area contributed by atoms with E-state index in [2.05, 4.69) is 15.5 Å². The van der Waals surface area contributed by atoms with Crippen LogP contribution >= 0.6 is 23.1 Å². The van der Waals surface area contributed by atoms with Crippen molar-refractivity contribution in [2.75, 3.05) is 0 Å². The molecule has 0 radical (unpaired) electrons. The van der Waals surface area contributed by atoms with Gasteiger partial charge < -0.3 is 10.2 Å². The van der Waals surface area contributed by atoms with Crippen LogP contribution in [-0.4, -0.2) is 36.4 Å². The molecule has 2 heterocycles. The van der Waals surface area contributed by atoms with Crippen molar-refractivity contribution in [3.05, 3.63) is 58.7 Å². The summed E-state index contributed by atoms with van der Waals surface area (Å²) in [5, 5.41) is 31.2. The minimum absolute atomic E-state index is 0.103. The summed E-state index contributed by atoms with van der Waals surface area (Å²) in [6, 6.07) is 10.9. The average Bonchev–Trinajstić information content (AvgIpc) is 3.25. The Morgan fingerprint density at radius 3 is 2.74 bits per heavy atom. The van der Waals surface area contributed by atoms with E-state index in [1.807, 2.05) is 0 Å². The summed E-state index contributed by atoms with van der Waals surface area (Å²) in [5.74, 6) is -1.23. The van der Waals surface area contributed by atoms with Crippen molar-refractivity contribution in [3.63, 3.8) is 0 Å². The van der Waals surface area contributed by atoms with Crippen LogP contribution in [0.25, 0.3) is 15.8 Å². The minimum atomic E-state index is -1.09. The molecule has 0 amide bonds. The Morgan fingerprint density at radius 2 is 2.00 bits per heavy atom. The summed E-state index contributed by atoms with van der Waals surface area (Å²) in [4.78, 5) is 11.7. The first-order valence-corrected chi connectivity index (χ1v) is 9.48. The molecule has 0 unspecified atom stereocenters. The molecule has 0 aliphatic rings. The van der Waals surface area contributed by atoms with Gasteiger partial charge in [-0.15, -0.1) is 16.4 Å². The quantitative estimate of drug-likeness (QED) is 0.491. The summed E-state index contributed by atoms with van der Waals surface area (Å²) in [6.07, 6.45) is 0. The Kier molecular flexibility index (Phi) is 4.50. The van der Waals surface area contributed by atoms with Gasteiger partial charge in [0.25, 0.3) is 0 Å². The van der Waals surface area contributed by atoms with Gasteiger partial charge in [0, 0.05) is 15.8 Å². The van der Waals surface area contributed by atoms with Gasteiger partial charge in [0.15, 0.2) is 0 Å². The topological polar surface area (TPSA) is 101 Å². The zero-order valence-electron chi connectivity index (χ0n) is 13.5. The molecule has 4 aromatic rings. The second-order valence-electron chi connectivity index (χ2n) is 5.51. The maximum atomic E-state index is 14.3. The van der Waals surface area contributed by atoms with E-state index in [0.717, 1.165) is 11.3 Å². The largest absolute Gasteiger partial charge is 0.508 e. The first kappa shape index (κ1) is 17.4. The molecule has 2 N–H and O–H groups in total. The number of thioether (sulfide) groups is 1. The molecule has 0 fully saturated rings. The number of aromatic hydroxyl groups is 1. The van der Waals surface area contributed by atoms with Gasteiger partial charge in [0.1, 0.15) is 16.4 Å². The number of carbonyl (C=O) groups is 1. The monoisotopic (exact) mass is 402 g/mol. The molecular formula is C17H11FN4O3S2. The number of benzene rings is 2. The Hall–Kier alpha value is -2.98. The number of halogens is 1. The van der Waals surface area contributed by atoms with Gasteiger partial charge in [-0.2, -0.15) is 4.68 Å². The lowest BCUT2D eigenvalue weighted by Gasteiger charge is -2.05. The second kappa shape index (κ2) is 6.97. The highest BCUT2D eigenvalue weighted by Crippen LogP contribution is 2.37. The summed E-state index contributed by atoms with van der Waals surface area (Å²) in [6.45, 7) is 0. The van der Waals surface area contributed by atoms with Gasteiger partial charge in [0.2, 0.25) is 5.16 Å². The van der Waals surface area contributed by atoms with Crippen LogP contribution in [0.1, 0.15) is 15.2 Å². The smallest absolute Gasteiger partial charge is 0.346 e. The molecule has 0 spiro atoms. The Balaban J connectivity index is 1.69. The number of nitrogens with zero attached hydrogens (tertiary/aromatic N) is 4. The molecular weight excluding hydrogens is 391 g/mol. The van der Waals surface area contributed by atoms with E-state index in [0.29, 0.717) is 26.5 Å². The molecule has 0 aliphatic heterocycles. The van der Waals surface area contributed by atoms with E-state index in [1.165, 1.54) is 34.6 Å². The predicted octanol–water partition coefficient (Wildman–Crippen LogP) is 3.71. The Morgan fingerprint density at radius 1 is 1.22 bits per heavy atom. The average molecular weight is 402 g/mol. The van der Waals surface area contributed by atoms with Gasteiger partial charge >= 0.3 is 5.97 Å². The van der Waals surface area contributed by atoms with Crippen molar-refractivity contribution < 1.29 is 19.4 Å². The summed E-state index contributed by atoms with van der Waals surface area (Å²) in [5.41, 5.74) is 1.05. The first-order chi connectivity index (χ1) is 13.0. The molecule has 2 aromatic carbocycles. The van der Waals surface area contributed by atoms with Crippen LogP contribution in [0.5, 0.6) is 5.75 Å². The van der Waals surface area contributed by atoms with E-state index in [9.17, 15) is 19.4 Å². The van der Waals surface area contributed by atoms with E-state index in [-0.39, 0.29) is 16.4 Å². The number of carboxylic acids is 1. The van der Waals surface area contributed by atoms with Gasteiger partial charge in [-0.3, -0.25) is 0 Å². The molecule has 0 saturated carbocycles. The number of hydrogen-bond donors (Lipinski definition) is 2. The summed E-state index contributed by atoms with van der Waals surface area (Å²) in [7, 11) is 0. The van der Waals surface area contributed by atoms with E-state index >= 15 is 0 Å². The SMILES string of the molecule is O=C(O)c1sc2cccc(F)c2c1CSc1nnnn1-c1ccc(O)cc1. The van der Waals surface area contributed by atoms with Crippen LogP contribution in [-0.2, 0) is 5.75 Å². The maximum absolute atomic E-state index is 14.3. The van der Waals surface area contributed by atoms with E-state index < -0.39 is 11.8 Å². The third-order valence-electron chi connectivity index (χ3n) is 3.84. The summed E-state index contributed by atoms with van der Waals surface area (Å²) < 4.78 is 16.4. The third kappa shape index (κ3) is 3.24. The van der Waals surface area contributed by atoms with Gasteiger partial charge in [0.05, 0.1) is 5.69 Å². The van der Waals surface area contributed by atoms with Crippen LogP contribution in [0.4, 0.5) is 4.39 Å². The standard InChI is InChI=1S/C17H11FN4O3S2/c18-12-2-1-3-13-14(12)11(15(27-13)16(24)25)8-26-17-19-20-21-22(17)9-4-6-10(23)7-5-9/h1-7,23H,8H2,(H,24,25). The number of carboxylic acid groups (broad SMARTS) is 1. The highest BCUT2D eigenvalue weighted by molar-refractivity contribution is 7.98. The lowest BCUT2D eigenvalue weighted by atomic mass is 10.1. The number of phenols is 1. The van der Waals surface area contributed by atoms with Gasteiger partial charge in [-0.25, -0.2) is 9.18 Å². The number of aromatic nitrogens is 4. The van der Waals surface area contributed by atoms with Crippen LogP contribution in [0.15, 0.2) is 47.6 Å². The molecule has 4 rings (SSSR count). The second-order valence-corrected chi connectivity index (χ2v) is 7.50. The lowest BCUT2D eigenvalue weighted by Crippen LogP contribution is -2.00. The zero-order chi connectivity index (χ0) is 19.0. The molecule has 10 heteroatoms. The Bertz CT molecular complexity index is 1140. The number of hydrogen-bond acceptors (Lipinski definition) is 7. The minimum Gasteiger partial charge on any atom is -0.508 e. The maximum Gasteiger partial charge on any atom is 0.346 e. The van der Waals surface area contributed by atoms with Crippen molar-refractivity contribution in [1.82, 2.24) is 20.2 Å². The molecule has 136 valence electrons. The fourth-order valence-electron chi connectivity index (χ4n) is 2.64. The summed E-state index contributed by atoms with van der Waals surface area (Å²) >= 11 is 2.25. The van der Waals surface area contributed by atoms with E-state index in [1.54, 1.807) is 24.3 Å². The number of tetrazole rings is 1. The highest BCUT2D eigenvalue weighted by Gasteiger charge is 2.21. The van der Waals surface area contributed by atoms with Crippen LogP contribution in [0.2, 0.25) is 0 Å². The number of fused-ring (bicyclic) bond motifs is 1. The normalized spacial score (nSPS) is 11.1. The molecule has 27 heavy (non-hydrogen) atoms. The number of aromatic carboxylic acids is 1. The lowest BCUT2D eigenvalue weighted by molar-refractivity contribution is 0.0701. The Labute approximate surface area is 160 Å². The van der Waals surface area contributed by atoms with Crippen molar-refractivity contribution >= 4 is 39.2 Å². The molecule has 2 aromatic heterocycles. The molecule has 7 nitrogen and oxygen atoms in total. The molecule has 0 bridgehead atoms. The van der Waals surface area contributed by atoms with Crippen molar-refractivity contribution in [1.29, 1.82) is 0 Å². The molecule has 0 atom stereocenters. The van der Waals surface area contributed by atoms with Gasteiger partial charge in [-0.05, 0) is 52.4 Å². The van der Waals surface area contributed by atoms with Crippen molar-refractivity contribution in [3.8, 4) is 11.4 Å². The predicted molar refractivity (Wildman–Crippen MR) is 99.1 cm³/mol. The molecule has 0 aliphatic carbocycles. The fourth-order valence-corrected chi connectivity index (χ4v) is 4.73. The number of rotatable bonds is 5. The van der Waals surface area contributed by atoms with Gasteiger partial charge in [-0.1, -0.05) is 17.8 Å². The zero-order valence-corrected chi connectivity index (χ0v) is 15.2. The fraction of sp³-hybridized carbons (Fsp3) is 0.0588. The van der Waals surface area contributed by atoms with Crippen LogP contribution in [0.3, 0.4) is 0 Å². The van der Waals surface area contributed by atoms with E-state index in [4.69, 9.17) is 0 Å². The van der Waals surface area contributed by atoms with Crippen LogP contribution in [0, 0.1) is 5.82 Å². The van der Waals surface area contributed by atoms with Crippen molar-refractivity contribution in [2.24, 2.45) is 0 Å². The number of phenolic OH excluding ortho intramolecular Hbond substituents is 1. The third-order valence-corrected chi connectivity index (χ3v) is 5.97. The van der Waals surface area contributed by atoms with Crippen LogP contribution < -0.4 is 0 Å². The molecule has 0 saturated heterocycles. The first-order valence-electron chi connectivity index (χ1n) is 7.68. The number of thiophene rings is 1. The van der Waals surface area contributed by atoms with Crippen molar-refractivity contribution in [2.45, 2.75) is 10.9 Å².